The highest BCUT2D eigenvalue weighted by Gasteiger charge is 2.14. The van der Waals surface area contributed by atoms with E-state index in [1.807, 2.05) is 18.2 Å². The predicted octanol–water partition coefficient (Wildman–Crippen LogP) is 7.37. The Balaban J connectivity index is 0.000000380. The molecule has 0 saturated heterocycles. The van der Waals surface area contributed by atoms with Gasteiger partial charge in [-0.15, -0.1) is 5.90 Å². The van der Waals surface area contributed by atoms with Crippen molar-refractivity contribution in [2.24, 2.45) is 11.1 Å². The third kappa shape index (κ3) is 8.52. The Bertz CT molecular complexity index is 1280. The Kier molecular flexibility index (Phi) is 11.7. The molecule has 0 aliphatic heterocycles. The highest BCUT2D eigenvalue weighted by molar-refractivity contribution is 6.68. The van der Waals surface area contributed by atoms with Crippen molar-refractivity contribution in [1.29, 1.82) is 0 Å². The molecule has 0 heterocycles. The molecule has 10 heteroatoms. The second kappa shape index (κ2) is 14.4. The summed E-state index contributed by atoms with van der Waals surface area (Å²) in [7, 11) is 0. The van der Waals surface area contributed by atoms with Gasteiger partial charge in [0.15, 0.2) is 0 Å². The Hall–Kier alpha value is -3.13. The van der Waals surface area contributed by atoms with Crippen LogP contribution in [-0.4, -0.2) is 16.9 Å². The van der Waals surface area contributed by atoms with E-state index < -0.39 is 5.24 Å². The molecule has 1 aliphatic carbocycles. The third-order valence-corrected chi connectivity index (χ3v) is 5.65. The number of oxime groups is 1. The van der Waals surface area contributed by atoms with Crippen LogP contribution in [0.3, 0.4) is 0 Å². The van der Waals surface area contributed by atoms with E-state index in [9.17, 15) is 9.59 Å². The molecule has 1 aliphatic rings. The largest absolute Gasteiger partial charge is 0.322 e. The van der Waals surface area contributed by atoms with Gasteiger partial charge in [-0.25, -0.2) is 0 Å². The van der Waals surface area contributed by atoms with Crippen LogP contribution in [-0.2, 0) is 9.73 Å². The van der Waals surface area contributed by atoms with E-state index in [0.29, 0.717) is 33.4 Å². The standard InChI is InChI=1S/C19H17Cl2N3O2.C7H4Cl2O/c1-3-4-16(12(2)20)19(25)23-14-7-5-13(6-8-14)17-10-9-15(24-26-22)11-18(17)21;8-6-4-2-1-3-5(6)7(9)10/h3-8,10-11H,1-2,9,22H2,(H,23,25);1-4H/b16-4+,24-15+;. The van der Waals surface area contributed by atoms with Crippen LogP contribution in [0.25, 0.3) is 5.57 Å². The zero-order valence-electron chi connectivity index (χ0n) is 18.8. The van der Waals surface area contributed by atoms with Gasteiger partial charge < -0.3 is 10.3 Å². The number of hydrogen-bond donors (Lipinski definition) is 2. The topological polar surface area (TPSA) is 93.8 Å². The van der Waals surface area contributed by atoms with Gasteiger partial charge in [0, 0.05) is 17.1 Å². The van der Waals surface area contributed by atoms with E-state index in [2.05, 4.69) is 28.6 Å². The van der Waals surface area contributed by atoms with Gasteiger partial charge in [0.2, 0.25) is 0 Å². The van der Waals surface area contributed by atoms with Crippen LogP contribution in [0.4, 0.5) is 5.69 Å². The van der Waals surface area contributed by atoms with E-state index in [0.717, 1.165) is 11.1 Å². The SMILES string of the molecule is C=C/C=C(\C(=C)Cl)C(=O)Nc1ccc(C2=CC/C(=N\ON)C=C2Cl)cc1.O=C(Cl)c1ccccc1Cl. The molecule has 0 radical (unpaired) electrons. The van der Waals surface area contributed by atoms with Crippen molar-refractivity contribution in [3.05, 3.63) is 118 Å². The molecule has 3 N–H and O–H groups in total. The third-order valence-electron chi connectivity index (χ3n) is 4.60. The number of carbonyl (C=O) groups is 2. The van der Waals surface area contributed by atoms with Crippen molar-refractivity contribution in [3.63, 3.8) is 0 Å². The molecule has 36 heavy (non-hydrogen) atoms. The molecule has 6 nitrogen and oxygen atoms in total. The minimum Gasteiger partial charge on any atom is -0.322 e. The van der Waals surface area contributed by atoms with Crippen molar-refractivity contribution in [3.8, 4) is 0 Å². The molecule has 0 unspecified atom stereocenters. The summed E-state index contributed by atoms with van der Waals surface area (Å²) in [5, 5.41) is 6.96. The summed E-state index contributed by atoms with van der Waals surface area (Å²) >= 11 is 22.9. The van der Waals surface area contributed by atoms with Gasteiger partial charge in [-0.05, 0) is 59.2 Å². The Morgan fingerprint density at radius 2 is 1.75 bits per heavy atom. The first-order chi connectivity index (χ1) is 17.2. The molecule has 0 bridgehead atoms. The summed E-state index contributed by atoms with van der Waals surface area (Å²) in [6, 6.07) is 13.9. The number of hydrogen-bond acceptors (Lipinski definition) is 5. The minimum absolute atomic E-state index is 0.141. The second-order valence-electron chi connectivity index (χ2n) is 7.01. The van der Waals surface area contributed by atoms with Crippen LogP contribution in [0.5, 0.6) is 0 Å². The van der Waals surface area contributed by atoms with Crippen molar-refractivity contribution >= 4 is 74.5 Å². The molecule has 0 aromatic heterocycles. The summed E-state index contributed by atoms with van der Waals surface area (Å²) in [6.45, 7) is 7.13. The number of benzene rings is 2. The van der Waals surface area contributed by atoms with Gasteiger partial charge in [0.25, 0.3) is 11.1 Å². The van der Waals surface area contributed by atoms with Crippen molar-refractivity contribution in [2.75, 3.05) is 5.32 Å². The Labute approximate surface area is 228 Å². The molecule has 0 saturated carbocycles. The van der Waals surface area contributed by atoms with Crippen molar-refractivity contribution in [1.82, 2.24) is 0 Å². The predicted molar refractivity (Wildman–Crippen MR) is 149 cm³/mol. The fourth-order valence-corrected chi connectivity index (χ4v) is 3.83. The number of nitrogens with one attached hydrogen (secondary N) is 1. The van der Waals surface area contributed by atoms with E-state index in [1.54, 1.807) is 42.5 Å². The number of amides is 1. The number of allylic oxidation sites excluding steroid dienone is 6. The molecule has 0 spiro atoms. The Morgan fingerprint density at radius 3 is 2.25 bits per heavy atom. The van der Waals surface area contributed by atoms with Crippen LogP contribution in [0.15, 0.2) is 107 Å². The van der Waals surface area contributed by atoms with Crippen molar-refractivity contribution in [2.45, 2.75) is 6.42 Å². The molecular weight excluding hydrogens is 544 g/mol. The first-order valence-corrected chi connectivity index (χ1v) is 11.7. The molecule has 0 atom stereocenters. The molecule has 2 aromatic rings. The van der Waals surface area contributed by atoms with Crippen LogP contribution in [0, 0.1) is 0 Å². The monoisotopic (exact) mass is 563 g/mol. The first kappa shape index (κ1) is 29.1. The van der Waals surface area contributed by atoms with E-state index in [-0.39, 0.29) is 16.5 Å². The summed E-state index contributed by atoms with van der Waals surface area (Å²) in [5.41, 5.74) is 3.61. The first-order valence-electron chi connectivity index (χ1n) is 10.2. The smallest absolute Gasteiger partial charge is 0.257 e. The summed E-state index contributed by atoms with van der Waals surface area (Å²) in [4.78, 5) is 27.0. The highest BCUT2D eigenvalue weighted by atomic mass is 35.5. The van der Waals surface area contributed by atoms with Gasteiger partial charge in [-0.3, -0.25) is 9.59 Å². The number of halogens is 4. The highest BCUT2D eigenvalue weighted by Crippen LogP contribution is 2.31. The van der Waals surface area contributed by atoms with Crippen LogP contribution < -0.4 is 11.2 Å². The summed E-state index contributed by atoms with van der Waals surface area (Å²) in [5.74, 6) is 4.56. The van der Waals surface area contributed by atoms with E-state index in [4.69, 9.17) is 52.3 Å². The number of nitrogens with two attached hydrogens (primary N) is 1. The summed E-state index contributed by atoms with van der Waals surface area (Å²) < 4.78 is 0. The van der Waals surface area contributed by atoms with Gasteiger partial charge in [-0.1, -0.05) is 89.5 Å². The van der Waals surface area contributed by atoms with Crippen LogP contribution >= 0.6 is 46.4 Å². The average molecular weight is 565 g/mol. The van der Waals surface area contributed by atoms with Gasteiger partial charge in [0.1, 0.15) is 0 Å². The van der Waals surface area contributed by atoms with Crippen LogP contribution in [0.1, 0.15) is 22.3 Å². The molecule has 3 rings (SSSR count). The lowest BCUT2D eigenvalue weighted by atomic mass is 9.98. The molecule has 186 valence electrons. The van der Waals surface area contributed by atoms with E-state index >= 15 is 0 Å². The maximum atomic E-state index is 12.2. The van der Waals surface area contributed by atoms with Gasteiger partial charge >= 0.3 is 0 Å². The number of rotatable bonds is 7. The fourth-order valence-electron chi connectivity index (χ4n) is 2.93. The normalized spacial score (nSPS) is 14.0. The molecule has 1 amide bonds. The zero-order valence-corrected chi connectivity index (χ0v) is 21.8. The minimum atomic E-state index is -0.523. The maximum absolute atomic E-state index is 12.2. The second-order valence-corrected chi connectivity index (χ2v) is 8.62. The molecule has 0 fully saturated rings. The number of anilines is 1. The molecule has 2 aromatic carbocycles. The molecular formula is C26H21Cl4N3O3. The number of carbonyl (C=O) groups excluding carboxylic acids is 2. The lowest BCUT2D eigenvalue weighted by Crippen LogP contribution is -2.14. The van der Waals surface area contributed by atoms with Gasteiger partial charge in [0.05, 0.1) is 26.9 Å². The maximum Gasteiger partial charge on any atom is 0.257 e. The lowest BCUT2D eigenvalue weighted by molar-refractivity contribution is -0.112. The van der Waals surface area contributed by atoms with Gasteiger partial charge in [-0.2, -0.15) is 0 Å². The fraction of sp³-hybridized carbons (Fsp3) is 0.0385. The van der Waals surface area contributed by atoms with E-state index in [1.165, 1.54) is 12.2 Å². The van der Waals surface area contributed by atoms with Crippen LogP contribution in [0.2, 0.25) is 5.02 Å². The quantitative estimate of drug-likeness (QED) is 0.159. The average Bonchev–Trinajstić information content (AvgIpc) is 2.84. The lowest BCUT2D eigenvalue weighted by Gasteiger charge is -2.13. The Morgan fingerprint density at radius 1 is 1.08 bits per heavy atom. The number of nitrogens with zero attached hydrogens (tertiary/aromatic N) is 1. The van der Waals surface area contributed by atoms with Crippen molar-refractivity contribution < 1.29 is 14.5 Å². The zero-order chi connectivity index (χ0) is 26.7. The summed E-state index contributed by atoms with van der Waals surface area (Å²) in [6.07, 6.45) is 7.15.